The predicted octanol–water partition coefficient (Wildman–Crippen LogP) is 3.95. The number of aliphatic carboxylic acids is 1. The molecule has 0 bridgehead atoms. The van der Waals surface area contributed by atoms with Crippen molar-refractivity contribution in [1.29, 1.82) is 0 Å². The Morgan fingerprint density at radius 1 is 1.20 bits per heavy atom. The van der Waals surface area contributed by atoms with Crippen LogP contribution in [0.5, 0.6) is 0 Å². The third kappa shape index (κ3) is 3.22. The maximum absolute atomic E-state index is 10.9. The van der Waals surface area contributed by atoms with E-state index in [-0.39, 0.29) is 16.7 Å². The lowest BCUT2D eigenvalue weighted by atomic mass is 9.60. The van der Waals surface area contributed by atoms with Gasteiger partial charge in [0.1, 0.15) is 0 Å². The van der Waals surface area contributed by atoms with E-state index < -0.39 is 5.97 Å². The molecule has 0 aromatic carbocycles. The van der Waals surface area contributed by atoms with Crippen LogP contribution in [0, 0.1) is 16.7 Å². The van der Waals surface area contributed by atoms with Crippen LogP contribution in [-0.2, 0) is 4.79 Å². The first-order chi connectivity index (χ1) is 6.70. The zero-order chi connectivity index (χ0) is 12.3. The molecule has 0 aliphatic carbocycles. The molecule has 2 nitrogen and oxygen atoms in total. The summed E-state index contributed by atoms with van der Waals surface area (Å²) in [7, 11) is 0. The van der Waals surface area contributed by atoms with Crippen LogP contribution in [-0.4, -0.2) is 11.1 Å². The Bertz CT molecular complexity index is 215. The summed E-state index contributed by atoms with van der Waals surface area (Å²) in [5, 5.41) is 8.96. The van der Waals surface area contributed by atoms with Crippen molar-refractivity contribution in [2.75, 3.05) is 0 Å². The summed E-state index contributed by atoms with van der Waals surface area (Å²) in [6.45, 7) is 12.8. The minimum absolute atomic E-state index is 0.0777. The van der Waals surface area contributed by atoms with E-state index in [9.17, 15) is 4.79 Å². The van der Waals surface area contributed by atoms with E-state index in [0.29, 0.717) is 0 Å². The van der Waals surface area contributed by atoms with Crippen LogP contribution in [0.2, 0.25) is 0 Å². The molecule has 0 rings (SSSR count). The molecule has 0 heterocycles. The van der Waals surface area contributed by atoms with Crippen LogP contribution in [0.15, 0.2) is 0 Å². The number of carboxylic acids is 1. The van der Waals surface area contributed by atoms with Gasteiger partial charge in [0.25, 0.3) is 0 Å². The maximum Gasteiger partial charge on any atom is 0.306 e. The summed E-state index contributed by atoms with van der Waals surface area (Å²) in [6.07, 6.45) is 2.95. The number of carbonyl (C=O) groups is 1. The topological polar surface area (TPSA) is 37.3 Å². The first kappa shape index (κ1) is 14.5. The van der Waals surface area contributed by atoms with E-state index in [0.717, 1.165) is 19.3 Å². The molecule has 0 fully saturated rings. The summed E-state index contributed by atoms with van der Waals surface area (Å²) in [6, 6.07) is 0. The van der Waals surface area contributed by atoms with Gasteiger partial charge < -0.3 is 5.11 Å². The Labute approximate surface area is 94.1 Å². The fraction of sp³-hybridized carbons (Fsp3) is 0.923. The molecule has 0 spiro atoms. The Morgan fingerprint density at radius 2 is 1.60 bits per heavy atom. The van der Waals surface area contributed by atoms with Crippen LogP contribution in [0.4, 0.5) is 0 Å². The fourth-order valence-corrected chi connectivity index (χ4v) is 2.31. The molecule has 0 saturated carbocycles. The van der Waals surface area contributed by atoms with Crippen LogP contribution in [0.1, 0.15) is 60.8 Å². The number of rotatable bonds is 6. The van der Waals surface area contributed by atoms with Crippen molar-refractivity contribution in [2.45, 2.75) is 60.8 Å². The molecular formula is C13H26O2. The van der Waals surface area contributed by atoms with E-state index in [1.807, 2.05) is 0 Å². The van der Waals surface area contributed by atoms with Crippen LogP contribution >= 0.6 is 0 Å². The monoisotopic (exact) mass is 214 g/mol. The summed E-state index contributed by atoms with van der Waals surface area (Å²) in [5.41, 5.74) is 0.311. The second-order valence-corrected chi connectivity index (χ2v) is 5.60. The number of hydrogen-bond acceptors (Lipinski definition) is 1. The lowest BCUT2D eigenvalue weighted by Crippen LogP contribution is -2.36. The van der Waals surface area contributed by atoms with E-state index >= 15 is 0 Å². The first-order valence-corrected chi connectivity index (χ1v) is 5.93. The fourth-order valence-electron chi connectivity index (χ4n) is 2.31. The van der Waals surface area contributed by atoms with Crippen molar-refractivity contribution >= 4 is 5.97 Å². The predicted molar refractivity (Wildman–Crippen MR) is 63.9 cm³/mol. The average Bonchev–Trinajstić information content (AvgIpc) is 2.15. The Hall–Kier alpha value is -0.530. The van der Waals surface area contributed by atoms with E-state index in [2.05, 4.69) is 34.6 Å². The second-order valence-electron chi connectivity index (χ2n) is 5.60. The van der Waals surface area contributed by atoms with E-state index in [1.54, 1.807) is 6.92 Å². The third-order valence-electron chi connectivity index (χ3n) is 4.43. The van der Waals surface area contributed by atoms with Gasteiger partial charge in [-0.1, -0.05) is 54.4 Å². The van der Waals surface area contributed by atoms with Crippen molar-refractivity contribution in [1.82, 2.24) is 0 Å². The van der Waals surface area contributed by atoms with Gasteiger partial charge in [0, 0.05) is 0 Å². The highest BCUT2D eigenvalue weighted by atomic mass is 16.4. The molecule has 1 atom stereocenters. The van der Waals surface area contributed by atoms with Gasteiger partial charge in [-0.05, 0) is 17.3 Å². The molecule has 0 saturated heterocycles. The highest BCUT2D eigenvalue weighted by molar-refractivity contribution is 5.69. The third-order valence-corrected chi connectivity index (χ3v) is 4.43. The largest absolute Gasteiger partial charge is 0.481 e. The zero-order valence-corrected chi connectivity index (χ0v) is 11.1. The summed E-state index contributed by atoms with van der Waals surface area (Å²) < 4.78 is 0. The normalized spacial score (nSPS) is 15.1. The quantitative estimate of drug-likeness (QED) is 0.727. The molecule has 15 heavy (non-hydrogen) atoms. The van der Waals surface area contributed by atoms with Crippen molar-refractivity contribution in [3.05, 3.63) is 0 Å². The standard InChI is InChI=1S/C13H26O2/c1-7-13(6,8-2)12(4,5)9-10(3)11(14)15/h10H,7-9H2,1-6H3,(H,14,15). The lowest BCUT2D eigenvalue weighted by Gasteiger charge is -2.44. The smallest absolute Gasteiger partial charge is 0.306 e. The van der Waals surface area contributed by atoms with Gasteiger partial charge in [0.05, 0.1) is 5.92 Å². The highest BCUT2D eigenvalue weighted by Gasteiger charge is 2.39. The molecule has 0 aliphatic heterocycles. The molecule has 90 valence electrons. The SMILES string of the molecule is CCC(C)(CC)C(C)(C)CC(C)C(=O)O. The Balaban J connectivity index is 4.73. The van der Waals surface area contributed by atoms with Gasteiger partial charge >= 0.3 is 5.97 Å². The Morgan fingerprint density at radius 3 is 1.87 bits per heavy atom. The molecule has 0 amide bonds. The van der Waals surface area contributed by atoms with Gasteiger partial charge in [-0.2, -0.15) is 0 Å². The first-order valence-electron chi connectivity index (χ1n) is 5.93. The zero-order valence-electron chi connectivity index (χ0n) is 11.1. The van der Waals surface area contributed by atoms with Gasteiger partial charge in [0.15, 0.2) is 0 Å². The van der Waals surface area contributed by atoms with Crippen molar-refractivity contribution in [3.63, 3.8) is 0 Å². The van der Waals surface area contributed by atoms with E-state index in [1.165, 1.54) is 0 Å². The van der Waals surface area contributed by atoms with Crippen LogP contribution in [0.3, 0.4) is 0 Å². The molecule has 0 aromatic rings. The summed E-state index contributed by atoms with van der Waals surface area (Å²) in [5.74, 6) is -0.935. The summed E-state index contributed by atoms with van der Waals surface area (Å²) in [4.78, 5) is 10.9. The summed E-state index contributed by atoms with van der Waals surface area (Å²) >= 11 is 0. The van der Waals surface area contributed by atoms with Crippen molar-refractivity contribution < 1.29 is 9.90 Å². The van der Waals surface area contributed by atoms with Gasteiger partial charge in [-0.15, -0.1) is 0 Å². The number of carboxylic acid groups (broad SMARTS) is 1. The van der Waals surface area contributed by atoms with Gasteiger partial charge in [0.2, 0.25) is 0 Å². The van der Waals surface area contributed by atoms with E-state index in [4.69, 9.17) is 5.11 Å². The molecular weight excluding hydrogens is 188 g/mol. The molecule has 1 unspecified atom stereocenters. The van der Waals surface area contributed by atoms with Crippen LogP contribution in [0.25, 0.3) is 0 Å². The molecule has 2 heteroatoms. The molecule has 0 aromatic heterocycles. The average molecular weight is 214 g/mol. The van der Waals surface area contributed by atoms with Crippen LogP contribution < -0.4 is 0 Å². The van der Waals surface area contributed by atoms with Gasteiger partial charge in [-0.25, -0.2) is 0 Å². The minimum Gasteiger partial charge on any atom is -0.481 e. The maximum atomic E-state index is 10.9. The lowest BCUT2D eigenvalue weighted by molar-refractivity contribution is -0.143. The Kier molecular flexibility index (Phi) is 4.82. The minimum atomic E-state index is -0.683. The van der Waals surface area contributed by atoms with Crippen molar-refractivity contribution in [2.24, 2.45) is 16.7 Å². The molecule has 1 N–H and O–H groups in total. The molecule has 0 aliphatic rings. The second kappa shape index (κ2) is 5.00. The van der Waals surface area contributed by atoms with Gasteiger partial charge in [-0.3, -0.25) is 4.79 Å². The number of hydrogen-bond donors (Lipinski definition) is 1. The molecule has 0 radical (unpaired) electrons. The highest BCUT2D eigenvalue weighted by Crippen LogP contribution is 2.48. The van der Waals surface area contributed by atoms with Crippen molar-refractivity contribution in [3.8, 4) is 0 Å².